The quantitative estimate of drug-likeness (QED) is 0.429. The molecule has 2 heterocycles. The Morgan fingerprint density at radius 3 is 2.37 bits per heavy atom. The summed E-state index contributed by atoms with van der Waals surface area (Å²) in [4.78, 5) is 41.6. The van der Waals surface area contributed by atoms with Crippen molar-refractivity contribution in [3.63, 3.8) is 0 Å². The molecule has 1 aliphatic heterocycles. The number of benzene rings is 2. The smallest absolute Gasteiger partial charge is 0.417 e. The first-order valence-electron chi connectivity index (χ1n) is 11.4. The van der Waals surface area contributed by atoms with Crippen LogP contribution in [0.3, 0.4) is 0 Å². The second kappa shape index (κ2) is 9.95. The molecule has 1 aliphatic rings. The topological polar surface area (TPSA) is 115 Å². The number of pyridine rings is 1. The summed E-state index contributed by atoms with van der Waals surface area (Å²) in [6.45, 7) is 6.23. The Hall–Kier alpha value is -3.57. The molecule has 1 aromatic heterocycles. The highest BCUT2D eigenvalue weighted by atomic mass is 35.5. The van der Waals surface area contributed by atoms with E-state index in [0.29, 0.717) is 11.1 Å². The van der Waals surface area contributed by atoms with Crippen LogP contribution >= 0.6 is 12.4 Å². The molecule has 38 heavy (non-hydrogen) atoms. The number of carbonyl (C=O) groups is 2. The Morgan fingerprint density at radius 2 is 1.74 bits per heavy atom. The molecule has 0 bridgehead atoms. The first-order chi connectivity index (χ1) is 17.1. The predicted octanol–water partition coefficient (Wildman–Crippen LogP) is 5.02. The van der Waals surface area contributed by atoms with E-state index in [-0.39, 0.29) is 35.6 Å². The summed E-state index contributed by atoms with van der Waals surface area (Å²) in [6.07, 6.45) is -6.12. The summed E-state index contributed by atoms with van der Waals surface area (Å²) in [6, 6.07) is 11.0. The number of nitrogens with two attached hydrogens (primary N) is 1. The minimum Gasteiger partial charge on any atom is -0.454 e. The molecule has 3 N–H and O–H groups in total. The fourth-order valence-electron chi connectivity index (χ4n) is 4.00. The number of anilines is 1. The molecular formula is C26H27ClF3N3O5. The lowest BCUT2D eigenvalue weighted by Gasteiger charge is -2.32. The maximum atomic E-state index is 13.5. The second-order valence-electron chi connectivity index (χ2n) is 10.0. The van der Waals surface area contributed by atoms with Gasteiger partial charge in [-0.3, -0.25) is 14.5 Å². The van der Waals surface area contributed by atoms with Gasteiger partial charge in [0.15, 0.2) is 6.10 Å². The summed E-state index contributed by atoms with van der Waals surface area (Å²) in [7, 11) is 0. The fraction of sp³-hybridized carbons (Fsp3) is 0.346. The molecule has 1 atom stereocenters. The van der Waals surface area contributed by atoms with Crippen molar-refractivity contribution in [1.82, 2.24) is 4.98 Å². The van der Waals surface area contributed by atoms with Gasteiger partial charge in [0.05, 0.1) is 12.1 Å². The molecule has 0 radical (unpaired) electrons. The zero-order chi connectivity index (χ0) is 27.3. The van der Waals surface area contributed by atoms with E-state index in [1.54, 1.807) is 26.0 Å². The molecule has 3 aromatic rings. The van der Waals surface area contributed by atoms with Crippen LogP contribution in [0.15, 0.2) is 53.3 Å². The number of amides is 1. The highest BCUT2D eigenvalue weighted by Gasteiger charge is 2.46. The van der Waals surface area contributed by atoms with Crippen molar-refractivity contribution in [3.8, 4) is 11.3 Å². The zero-order valence-electron chi connectivity index (χ0n) is 21.0. The molecule has 2 aromatic carbocycles. The maximum absolute atomic E-state index is 13.5. The first-order valence-corrected chi connectivity index (χ1v) is 11.4. The lowest BCUT2D eigenvalue weighted by Crippen LogP contribution is -2.50. The third-order valence-electron chi connectivity index (χ3n) is 6.13. The number of ether oxygens (including phenoxy) is 2. The molecule has 0 saturated carbocycles. The molecule has 8 nitrogen and oxygen atoms in total. The monoisotopic (exact) mass is 553 g/mol. The minimum atomic E-state index is -4.60. The fourth-order valence-corrected chi connectivity index (χ4v) is 4.00. The number of aromatic amines is 1. The van der Waals surface area contributed by atoms with Crippen LogP contribution in [-0.4, -0.2) is 40.8 Å². The average molecular weight is 554 g/mol. The number of esters is 1. The van der Waals surface area contributed by atoms with Crippen molar-refractivity contribution in [3.05, 3.63) is 64.4 Å². The number of rotatable bonds is 5. The average Bonchev–Trinajstić information content (AvgIpc) is 3.20. The second-order valence-corrected chi connectivity index (χ2v) is 10.0. The van der Waals surface area contributed by atoms with Crippen LogP contribution in [0.1, 0.15) is 33.3 Å². The number of carbonyl (C=O) groups excluding carboxylic acids is 2. The number of nitrogens with zero attached hydrogens (tertiary/aromatic N) is 1. The Morgan fingerprint density at radius 1 is 1.08 bits per heavy atom. The van der Waals surface area contributed by atoms with Gasteiger partial charge in [-0.1, -0.05) is 24.3 Å². The Labute approximate surface area is 222 Å². The van der Waals surface area contributed by atoms with E-state index < -0.39 is 46.6 Å². The lowest BCUT2D eigenvalue weighted by molar-refractivity contribution is -0.170. The number of aromatic nitrogens is 1. The number of hydrogen-bond donors (Lipinski definition) is 2. The number of alkyl halides is 3. The highest BCUT2D eigenvalue weighted by molar-refractivity contribution is 5.95. The molecule has 0 aliphatic carbocycles. The summed E-state index contributed by atoms with van der Waals surface area (Å²) in [5, 5.41) is 0.570. The van der Waals surface area contributed by atoms with Crippen molar-refractivity contribution in [1.29, 1.82) is 0 Å². The van der Waals surface area contributed by atoms with Crippen LogP contribution in [0.2, 0.25) is 0 Å². The van der Waals surface area contributed by atoms with Crippen molar-refractivity contribution >= 4 is 40.9 Å². The van der Waals surface area contributed by atoms with E-state index in [1.807, 2.05) is 0 Å². The van der Waals surface area contributed by atoms with E-state index >= 15 is 0 Å². The van der Waals surface area contributed by atoms with Gasteiger partial charge >= 0.3 is 18.2 Å². The Balaban J connectivity index is 0.00000400. The van der Waals surface area contributed by atoms with Gasteiger partial charge in [0, 0.05) is 22.3 Å². The SMILES string of the molecule is CC(C)(N)C(=O)OC(C)(C)[C@@H]1CN(c2ccc3cc(-c4ccccc4C(F)(F)F)[nH]c(=O)c3c2)C(=O)O1.Cl. The first kappa shape index (κ1) is 29.0. The van der Waals surface area contributed by atoms with Gasteiger partial charge in [0.25, 0.3) is 5.56 Å². The van der Waals surface area contributed by atoms with Crippen LogP contribution < -0.4 is 16.2 Å². The van der Waals surface area contributed by atoms with Crippen LogP contribution in [0.25, 0.3) is 22.0 Å². The van der Waals surface area contributed by atoms with E-state index in [2.05, 4.69) is 4.98 Å². The van der Waals surface area contributed by atoms with Crippen LogP contribution in [0.5, 0.6) is 0 Å². The third-order valence-corrected chi connectivity index (χ3v) is 6.13. The normalized spacial score (nSPS) is 16.3. The summed E-state index contributed by atoms with van der Waals surface area (Å²) >= 11 is 0. The van der Waals surface area contributed by atoms with Gasteiger partial charge in [0.1, 0.15) is 11.1 Å². The predicted molar refractivity (Wildman–Crippen MR) is 138 cm³/mol. The van der Waals surface area contributed by atoms with Gasteiger partial charge < -0.3 is 20.2 Å². The highest BCUT2D eigenvalue weighted by Crippen LogP contribution is 2.37. The Bertz CT molecular complexity index is 1450. The van der Waals surface area contributed by atoms with Gasteiger partial charge in [-0.15, -0.1) is 12.4 Å². The Kier molecular flexibility index (Phi) is 7.59. The number of H-pyrrole nitrogens is 1. The van der Waals surface area contributed by atoms with Crippen molar-refractivity contribution in [2.24, 2.45) is 5.73 Å². The standard InChI is InChI=1S/C26H26F3N3O5.ClH/c1-24(2,30)22(34)37-25(3,4)20-13-32(23(35)36-20)15-10-9-14-11-19(31-21(33)17(14)12-15)16-7-5-6-8-18(16)26(27,28)29;/h5-12,20H,13,30H2,1-4H3,(H,31,33);1H/t20-;/m0./s1. The van der Waals surface area contributed by atoms with E-state index in [0.717, 1.165) is 6.07 Å². The number of halogens is 4. The molecular weight excluding hydrogens is 527 g/mol. The van der Waals surface area contributed by atoms with Crippen molar-refractivity contribution in [2.75, 3.05) is 11.4 Å². The molecule has 12 heteroatoms. The van der Waals surface area contributed by atoms with Crippen molar-refractivity contribution < 1.29 is 32.2 Å². The summed E-state index contributed by atoms with van der Waals surface area (Å²) in [5.41, 5.74) is 2.10. The van der Waals surface area contributed by atoms with Gasteiger partial charge in [-0.25, -0.2) is 4.79 Å². The van der Waals surface area contributed by atoms with Crippen LogP contribution in [0, 0.1) is 0 Å². The molecule has 0 spiro atoms. The molecule has 1 amide bonds. The lowest BCUT2D eigenvalue weighted by atomic mass is 9.99. The van der Waals surface area contributed by atoms with Crippen LogP contribution in [0.4, 0.5) is 23.7 Å². The number of hydrogen-bond acceptors (Lipinski definition) is 6. The molecule has 1 saturated heterocycles. The van der Waals surface area contributed by atoms with E-state index in [9.17, 15) is 27.6 Å². The van der Waals surface area contributed by atoms with Gasteiger partial charge in [-0.2, -0.15) is 13.2 Å². The van der Waals surface area contributed by atoms with Gasteiger partial charge in [0.2, 0.25) is 0 Å². The van der Waals surface area contributed by atoms with Gasteiger partial charge in [-0.05, 0) is 57.3 Å². The summed E-state index contributed by atoms with van der Waals surface area (Å²) < 4.78 is 51.4. The summed E-state index contributed by atoms with van der Waals surface area (Å²) in [5.74, 6) is -0.660. The largest absolute Gasteiger partial charge is 0.454 e. The minimum absolute atomic E-state index is 0. The number of cyclic esters (lactones) is 1. The molecule has 1 fully saturated rings. The molecule has 204 valence electrons. The number of fused-ring (bicyclic) bond motifs is 1. The van der Waals surface area contributed by atoms with E-state index in [4.69, 9.17) is 15.2 Å². The van der Waals surface area contributed by atoms with Crippen LogP contribution in [-0.2, 0) is 20.4 Å². The zero-order valence-corrected chi connectivity index (χ0v) is 21.8. The maximum Gasteiger partial charge on any atom is 0.417 e. The van der Waals surface area contributed by atoms with E-state index in [1.165, 1.54) is 49.1 Å². The molecule has 0 unspecified atom stereocenters. The van der Waals surface area contributed by atoms with Crippen molar-refractivity contribution in [2.45, 2.75) is 51.1 Å². The number of nitrogens with one attached hydrogen (secondary N) is 1. The molecule has 4 rings (SSSR count). The third kappa shape index (κ3) is 5.63.